The molecule has 0 aromatic heterocycles. The molecule has 0 amide bonds. The van der Waals surface area contributed by atoms with Crippen molar-refractivity contribution in [1.29, 1.82) is 0 Å². The fourth-order valence-electron chi connectivity index (χ4n) is 2.01. The van der Waals surface area contributed by atoms with Crippen LogP contribution in [-0.4, -0.2) is 29.6 Å². The molecule has 0 atom stereocenters. The van der Waals surface area contributed by atoms with E-state index in [4.69, 9.17) is 9.16 Å². The Hall–Kier alpha value is -1.16. The molecule has 0 unspecified atom stereocenters. The molecule has 2 rings (SSSR count). The van der Waals surface area contributed by atoms with Crippen LogP contribution in [0.1, 0.15) is 13.3 Å². The fourth-order valence-corrected chi connectivity index (χ4v) is 3.29. The van der Waals surface area contributed by atoms with Crippen molar-refractivity contribution in [3.63, 3.8) is 0 Å². The monoisotopic (exact) mass is 260 g/mol. The molecule has 0 fully saturated rings. The molecule has 2 aromatic rings. The largest absolute Gasteiger partial charge is 0.418 e. The van der Waals surface area contributed by atoms with E-state index in [9.17, 15) is 0 Å². The molecule has 96 valence electrons. The van der Waals surface area contributed by atoms with Gasteiger partial charge in [-0.1, -0.05) is 42.5 Å². The van der Waals surface area contributed by atoms with Crippen LogP contribution in [0.3, 0.4) is 0 Å². The van der Waals surface area contributed by atoms with Gasteiger partial charge in [-0.25, -0.2) is 0 Å². The lowest BCUT2D eigenvalue weighted by atomic mass is 10.1. The minimum absolute atomic E-state index is 0.623. The summed E-state index contributed by atoms with van der Waals surface area (Å²) in [6, 6.07) is 15.0. The van der Waals surface area contributed by atoms with Gasteiger partial charge in [0.05, 0.1) is 0 Å². The molecule has 0 aliphatic heterocycles. The quantitative estimate of drug-likeness (QED) is 0.560. The van der Waals surface area contributed by atoms with Crippen molar-refractivity contribution >= 4 is 25.7 Å². The van der Waals surface area contributed by atoms with Crippen LogP contribution in [0, 0.1) is 0 Å². The maximum absolute atomic E-state index is 5.83. The molecular weight excluding hydrogens is 240 g/mol. The highest BCUT2D eigenvalue weighted by Crippen LogP contribution is 2.10. The van der Waals surface area contributed by atoms with Gasteiger partial charge in [-0.3, -0.25) is 0 Å². The van der Waals surface area contributed by atoms with E-state index in [1.807, 2.05) is 6.92 Å². The average Bonchev–Trinajstić information content (AvgIpc) is 2.43. The van der Waals surface area contributed by atoms with E-state index in [0.717, 1.165) is 26.2 Å². The van der Waals surface area contributed by atoms with Gasteiger partial charge in [0.1, 0.15) is 0 Å². The zero-order valence-electron chi connectivity index (χ0n) is 10.9. The highest BCUT2D eigenvalue weighted by molar-refractivity contribution is 6.51. The number of hydrogen-bond acceptors (Lipinski definition) is 2. The Morgan fingerprint density at radius 1 is 1.00 bits per heavy atom. The maximum atomic E-state index is 5.83. The Morgan fingerprint density at radius 3 is 2.72 bits per heavy atom. The van der Waals surface area contributed by atoms with Crippen molar-refractivity contribution in [2.75, 3.05) is 19.8 Å². The number of rotatable bonds is 7. The third-order valence-electron chi connectivity index (χ3n) is 2.92. The molecule has 3 heteroatoms. The third-order valence-corrected chi connectivity index (χ3v) is 4.34. The van der Waals surface area contributed by atoms with Crippen LogP contribution >= 0.6 is 0 Å². The van der Waals surface area contributed by atoms with Crippen molar-refractivity contribution in [3.8, 4) is 0 Å². The van der Waals surface area contributed by atoms with Gasteiger partial charge < -0.3 is 9.16 Å². The summed E-state index contributed by atoms with van der Waals surface area (Å²) in [6.07, 6.45) is 0.992. The molecule has 0 aliphatic rings. The summed E-state index contributed by atoms with van der Waals surface area (Å²) in [5, 5.41) is 4.04. The Labute approximate surface area is 111 Å². The van der Waals surface area contributed by atoms with Gasteiger partial charge in [-0.15, -0.1) is 0 Å². The average molecular weight is 260 g/mol. The van der Waals surface area contributed by atoms with Gasteiger partial charge in [0, 0.05) is 19.8 Å². The normalized spacial score (nSPS) is 11.6. The number of fused-ring (bicyclic) bond motifs is 1. The summed E-state index contributed by atoms with van der Waals surface area (Å²) in [7, 11) is -0.623. The minimum Gasteiger partial charge on any atom is -0.418 e. The molecule has 0 heterocycles. The van der Waals surface area contributed by atoms with Crippen molar-refractivity contribution < 1.29 is 9.16 Å². The first-order valence-corrected chi connectivity index (χ1v) is 7.82. The molecule has 0 aliphatic carbocycles. The van der Waals surface area contributed by atoms with Crippen molar-refractivity contribution in [1.82, 2.24) is 0 Å². The highest BCUT2D eigenvalue weighted by atomic mass is 28.2. The Bertz CT molecular complexity index is 479. The van der Waals surface area contributed by atoms with Crippen LogP contribution in [-0.2, 0) is 9.16 Å². The lowest BCUT2D eigenvalue weighted by Gasteiger charge is -2.07. The van der Waals surface area contributed by atoms with E-state index < -0.39 is 9.76 Å². The van der Waals surface area contributed by atoms with Crippen LogP contribution in [0.4, 0.5) is 0 Å². The molecular formula is C15H20O2Si. The second-order valence-electron chi connectivity index (χ2n) is 4.24. The highest BCUT2D eigenvalue weighted by Gasteiger charge is 2.00. The topological polar surface area (TPSA) is 18.5 Å². The van der Waals surface area contributed by atoms with E-state index in [2.05, 4.69) is 42.5 Å². The van der Waals surface area contributed by atoms with Crippen LogP contribution in [0.5, 0.6) is 0 Å². The predicted octanol–water partition coefficient (Wildman–Crippen LogP) is 1.99. The Balaban J connectivity index is 1.88. The van der Waals surface area contributed by atoms with Gasteiger partial charge in [0.25, 0.3) is 0 Å². The zero-order chi connectivity index (χ0) is 12.6. The molecule has 0 N–H and O–H groups in total. The number of benzene rings is 2. The summed E-state index contributed by atoms with van der Waals surface area (Å²) in [5.74, 6) is 0. The second-order valence-corrected chi connectivity index (χ2v) is 5.70. The van der Waals surface area contributed by atoms with Crippen LogP contribution in [0.25, 0.3) is 10.8 Å². The third kappa shape index (κ3) is 3.67. The number of ether oxygens (including phenoxy) is 1. The van der Waals surface area contributed by atoms with Crippen LogP contribution in [0.2, 0.25) is 0 Å². The second kappa shape index (κ2) is 7.31. The fraction of sp³-hybridized carbons (Fsp3) is 0.333. The van der Waals surface area contributed by atoms with E-state index in [-0.39, 0.29) is 0 Å². The molecule has 0 spiro atoms. The predicted molar refractivity (Wildman–Crippen MR) is 79.2 cm³/mol. The molecule has 0 saturated heterocycles. The van der Waals surface area contributed by atoms with E-state index in [1.54, 1.807) is 0 Å². The van der Waals surface area contributed by atoms with Gasteiger partial charge in [0.15, 0.2) is 9.76 Å². The molecule has 0 radical (unpaired) electrons. The van der Waals surface area contributed by atoms with Crippen molar-refractivity contribution in [2.24, 2.45) is 0 Å². The molecule has 18 heavy (non-hydrogen) atoms. The van der Waals surface area contributed by atoms with Crippen molar-refractivity contribution in [3.05, 3.63) is 42.5 Å². The molecule has 2 nitrogen and oxygen atoms in total. The van der Waals surface area contributed by atoms with Gasteiger partial charge in [-0.2, -0.15) is 0 Å². The summed E-state index contributed by atoms with van der Waals surface area (Å²) in [5.41, 5.74) is 0. The van der Waals surface area contributed by atoms with Crippen LogP contribution < -0.4 is 5.19 Å². The first-order valence-electron chi connectivity index (χ1n) is 6.54. The van der Waals surface area contributed by atoms with E-state index >= 15 is 0 Å². The molecule has 0 saturated carbocycles. The zero-order valence-corrected chi connectivity index (χ0v) is 12.3. The van der Waals surface area contributed by atoms with Gasteiger partial charge in [0.2, 0.25) is 0 Å². The maximum Gasteiger partial charge on any atom is 0.192 e. The number of hydrogen-bond donors (Lipinski definition) is 0. The SMILES string of the molecule is CCOCCCO[SiH2]c1cccc2ccccc12. The van der Waals surface area contributed by atoms with Gasteiger partial charge in [-0.05, 0) is 29.3 Å². The van der Waals surface area contributed by atoms with Crippen molar-refractivity contribution in [2.45, 2.75) is 13.3 Å². The minimum atomic E-state index is -0.623. The summed E-state index contributed by atoms with van der Waals surface area (Å²) >= 11 is 0. The van der Waals surface area contributed by atoms with E-state index in [1.165, 1.54) is 16.0 Å². The summed E-state index contributed by atoms with van der Waals surface area (Å²) in [4.78, 5) is 0. The first kappa shape index (κ1) is 13.3. The van der Waals surface area contributed by atoms with Gasteiger partial charge >= 0.3 is 0 Å². The molecule has 0 bridgehead atoms. The summed E-state index contributed by atoms with van der Waals surface area (Å²) in [6.45, 7) is 4.43. The molecule has 2 aromatic carbocycles. The van der Waals surface area contributed by atoms with Crippen LogP contribution in [0.15, 0.2) is 42.5 Å². The Morgan fingerprint density at radius 2 is 1.83 bits per heavy atom. The smallest absolute Gasteiger partial charge is 0.192 e. The van der Waals surface area contributed by atoms with E-state index in [0.29, 0.717) is 0 Å². The first-order chi connectivity index (χ1) is 8.92. The summed E-state index contributed by atoms with van der Waals surface area (Å²) < 4.78 is 11.1. The standard InChI is InChI=1S/C15H20O2Si/c1-2-16-11-6-12-17-18-15-10-5-8-13-7-3-4-9-14(13)15/h3-5,7-10H,2,6,11-12,18H2,1H3. The lowest BCUT2D eigenvalue weighted by Crippen LogP contribution is -2.19. The lowest BCUT2D eigenvalue weighted by molar-refractivity contribution is 0.132. The Kier molecular flexibility index (Phi) is 5.39.